The van der Waals surface area contributed by atoms with Crippen molar-refractivity contribution in [2.75, 3.05) is 7.11 Å². The maximum Gasteiger partial charge on any atom is 0.349 e. The van der Waals surface area contributed by atoms with E-state index in [9.17, 15) is 9.59 Å². The van der Waals surface area contributed by atoms with Crippen LogP contribution in [0.15, 0.2) is 33.5 Å². The second-order valence-corrected chi connectivity index (χ2v) is 7.00. The first kappa shape index (κ1) is 18.5. The van der Waals surface area contributed by atoms with Crippen LogP contribution in [0.4, 0.5) is 0 Å². The molecule has 1 heterocycles. The van der Waals surface area contributed by atoms with Crippen LogP contribution in [0, 0.1) is 0 Å². The van der Waals surface area contributed by atoms with E-state index in [0.717, 1.165) is 25.7 Å². The van der Waals surface area contributed by atoms with E-state index in [2.05, 4.69) is 5.32 Å². The van der Waals surface area contributed by atoms with Gasteiger partial charge in [0.1, 0.15) is 16.9 Å². The number of nitrogens with one attached hydrogen (secondary N) is 1. The molecule has 1 aliphatic rings. The fourth-order valence-electron chi connectivity index (χ4n) is 3.30. The third-order valence-corrected chi connectivity index (χ3v) is 4.67. The van der Waals surface area contributed by atoms with Gasteiger partial charge in [0.2, 0.25) is 0 Å². The summed E-state index contributed by atoms with van der Waals surface area (Å²) in [6.07, 6.45) is 3.80. The van der Waals surface area contributed by atoms with E-state index in [1.807, 2.05) is 13.8 Å². The number of carbonyl (C=O) groups is 1. The summed E-state index contributed by atoms with van der Waals surface area (Å²) in [7, 11) is 1.71. The van der Waals surface area contributed by atoms with Crippen molar-refractivity contribution < 1.29 is 18.7 Å². The summed E-state index contributed by atoms with van der Waals surface area (Å²) in [5.74, 6) is 0.242. The highest BCUT2D eigenvalue weighted by molar-refractivity contribution is 5.96. The Hall–Kier alpha value is -2.34. The van der Waals surface area contributed by atoms with Crippen molar-refractivity contribution in [1.82, 2.24) is 5.32 Å². The smallest absolute Gasteiger partial charge is 0.349 e. The predicted molar refractivity (Wildman–Crippen MR) is 98.8 cm³/mol. The van der Waals surface area contributed by atoms with Crippen molar-refractivity contribution >= 4 is 16.9 Å². The molecule has 0 bridgehead atoms. The summed E-state index contributed by atoms with van der Waals surface area (Å²) >= 11 is 0. The topological polar surface area (TPSA) is 77.8 Å². The van der Waals surface area contributed by atoms with E-state index in [1.54, 1.807) is 31.4 Å². The summed E-state index contributed by atoms with van der Waals surface area (Å²) in [5.41, 5.74) is -0.198. The Morgan fingerprint density at radius 3 is 2.58 bits per heavy atom. The molecule has 6 nitrogen and oxygen atoms in total. The van der Waals surface area contributed by atoms with E-state index in [1.165, 1.54) is 0 Å². The zero-order chi connectivity index (χ0) is 18.7. The minimum atomic E-state index is -0.637. The fraction of sp³-hybridized carbons (Fsp3) is 0.500. The number of amides is 1. The molecule has 1 amide bonds. The SMILES string of the molecule is COC1CCC(NC(=O)c2cc3ccc(OC(C)C)cc3oc2=O)CC1. The normalized spacial score (nSPS) is 20.3. The molecule has 1 saturated carbocycles. The van der Waals surface area contributed by atoms with Gasteiger partial charge >= 0.3 is 5.63 Å². The molecule has 0 atom stereocenters. The van der Waals surface area contributed by atoms with E-state index >= 15 is 0 Å². The Morgan fingerprint density at radius 2 is 1.92 bits per heavy atom. The van der Waals surface area contributed by atoms with Crippen LogP contribution in [0.5, 0.6) is 5.75 Å². The molecule has 1 aromatic heterocycles. The largest absolute Gasteiger partial charge is 0.491 e. The first-order valence-corrected chi connectivity index (χ1v) is 9.04. The first-order valence-electron chi connectivity index (χ1n) is 9.04. The third kappa shape index (κ3) is 4.25. The number of hydrogen-bond acceptors (Lipinski definition) is 5. The molecule has 140 valence electrons. The van der Waals surface area contributed by atoms with Crippen LogP contribution in [0.1, 0.15) is 49.9 Å². The van der Waals surface area contributed by atoms with Gasteiger partial charge in [-0.25, -0.2) is 4.79 Å². The zero-order valence-electron chi connectivity index (χ0n) is 15.4. The molecule has 2 aromatic rings. The van der Waals surface area contributed by atoms with E-state index in [0.29, 0.717) is 16.7 Å². The second-order valence-electron chi connectivity index (χ2n) is 7.00. The van der Waals surface area contributed by atoms with Gasteiger partial charge in [-0.3, -0.25) is 4.79 Å². The van der Waals surface area contributed by atoms with Crippen LogP contribution >= 0.6 is 0 Å². The molecule has 0 aliphatic heterocycles. The van der Waals surface area contributed by atoms with Crippen LogP contribution in [0.25, 0.3) is 11.0 Å². The van der Waals surface area contributed by atoms with Crippen molar-refractivity contribution in [3.05, 3.63) is 40.2 Å². The molecular formula is C20H25NO5. The highest BCUT2D eigenvalue weighted by Crippen LogP contribution is 2.23. The van der Waals surface area contributed by atoms with Crippen molar-refractivity contribution in [3.8, 4) is 5.75 Å². The minimum Gasteiger partial charge on any atom is -0.491 e. The Kier molecular flexibility index (Phi) is 5.61. The maximum absolute atomic E-state index is 12.5. The van der Waals surface area contributed by atoms with Crippen LogP contribution in [0.2, 0.25) is 0 Å². The molecule has 0 saturated heterocycles. The Bertz CT molecular complexity index is 834. The van der Waals surface area contributed by atoms with Crippen LogP contribution in [-0.4, -0.2) is 31.3 Å². The van der Waals surface area contributed by atoms with Gasteiger partial charge in [0.15, 0.2) is 0 Å². The summed E-state index contributed by atoms with van der Waals surface area (Å²) in [5, 5.41) is 3.63. The number of hydrogen-bond donors (Lipinski definition) is 1. The van der Waals surface area contributed by atoms with E-state index in [-0.39, 0.29) is 29.7 Å². The molecule has 3 rings (SSSR count). The summed E-state index contributed by atoms with van der Waals surface area (Å²) in [6.45, 7) is 3.85. The molecule has 6 heteroatoms. The summed E-state index contributed by atoms with van der Waals surface area (Å²) in [4.78, 5) is 24.8. The van der Waals surface area contributed by atoms with E-state index < -0.39 is 5.63 Å². The fourth-order valence-corrected chi connectivity index (χ4v) is 3.30. The Balaban J connectivity index is 1.76. The summed E-state index contributed by atoms with van der Waals surface area (Å²) < 4.78 is 16.3. The molecule has 0 unspecified atom stereocenters. The van der Waals surface area contributed by atoms with Gasteiger partial charge in [0.25, 0.3) is 5.91 Å². The molecule has 1 N–H and O–H groups in total. The highest BCUT2D eigenvalue weighted by atomic mass is 16.5. The molecule has 26 heavy (non-hydrogen) atoms. The Morgan fingerprint density at radius 1 is 1.19 bits per heavy atom. The number of rotatable bonds is 5. The lowest BCUT2D eigenvalue weighted by molar-refractivity contribution is 0.0598. The van der Waals surface area contributed by atoms with E-state index in [4.69, 9.17) is 13.9 Å². The summed E-state index contributed by atoms with van der Waals surface area (Å²) in [6, 6.07) is 6.90. The van der Waals surface area contributed by atoms with Crippen molar-refractivity contribution in [3.63, 3.8) is 0 Å². The minimum absolute atomic E-state index is 0.0254. The standard InChI is InChI=1S/C20H25NO5/c1-12(2)25-16-7-4-13-10-17(20(23)26-18(13)11-16)19(22)21-14-5-8-15(24-3)9-6-14/h4,7,10-12,14-15H,5-6,8-9H2,1-3H3,(H,21,22). The number of fused-ring (bicyclic) bond motifs is 1. The van der Waals surface area contributed by atoms with Crippen molar-refractivity contribution in [2.45, 2.75) is 57.8 Å². The van der Waals surface area contributed by atoms with Gasteiger partial charge < -0.3 is 19.2 Å². The van der Waals surface area contributed by atoms with Gasteiger partial charge in [0, 0.05) is 24.6 Å². The average molecular weight is 359 g/mol. The number of ether oxygens (including phenoxy) is 2. The second kappa shape index (κ2) is 7.91. The molecule has 0 spiro atoms. The lowest BCUT2D eigenvalue weighted by Gasteiger charge is -2.28. The molecule has 1 fully saturated rings. The number of benzene rings is 1. The monoisotopic (exact) mass is 359 g/mol. The lowest BCUT2D eigenvalue weighted by Crippen LogP contribution is -2.40. The van der Waals surface area contributed by atoms with Gasteiger partial charge in [-0.2, -0.15) is 0 Å². The number of methoxy groups -OCH3 is 1. The van der Waals surface area contributed by atoms with Crippen LogP contribution in [0.3, 0.4) is 0 Å². The quantitative estimate of drug-likeness (QED) is 0.829. The van der Waals surface area contributed by atoms with Gasteiger partial charge in [-0.05, 0) is 57.7 Å². The van der Waals surface area contributed by atoms with Crippen molar-refractivity contribution in [2.24, 2.45) is 0 Å². The third-order valence-electron chi connectivity index (χ3n) is 4.67. The zero-order valence-corrected chi connectivity index (χ0v) is 15.4. The van der Waals surface area contributed by atoms with Crippen molar-refractivity contribution in [1.29, 1.82) is 0 Å². The number of carbonyl (C=O) groups excluding carboxylic acids is 1. The molecule has 0 radical (unpaired) electrons. The highest BCUT2D eigenvalue weighted by Gasteiger charge is 2.24. The lowest BCUT2D eigenvalue weighted by atomic mass is 9.93. The maximum atomic E-state index is 12.5. The Labute approximate surface area is 152 Å². The first-order chi connectivity index (χ1) is 12.5. The van der Waals surface area contributed by atoms with Crippen LogP contribution in [-0.2, 0) is 4.74 Å². The molecule has 1 aromatic carbocycles. The van der Waals surface area contributed by atoms with Gasteiger partial charge in [-0.1, -0.05) is 0 Å². The van der Waals surface area contributed by atoms with Crippen LogP contribution < -0.4 is 15.7 Å². The predicted octanol–water partition coefficient (Wildman–Crippen LogP) is 3.27. The average Bonchev–Trinajstić information content (AvgIpc) is 2.61. The van der Waals surface area contributed by atoms with Gasteiger partial charge in [0.05, 0.1) is 12.2 Å². The molecular weight excluding hydrogens is 334 g/mol. The van der Waals surface area contributed by atoms with Gasteiger partial charge in [-0.15, -0.1) is 0 Å². The molecule has 1 aliphatic carbocycles.